The van der Waals surface area contributed by atoms with Gasteiger partial charge in [0.2, 0.25) is 0 Å². The molecule has 0 radical (unpaired) electrons. The van der Waals surface area contributed by atoms with Crippen LogP contribution in [0.4, 0.5) is 0 Å². The van der Waals surface area contributed by atoms with Crippen LogP contribution in [0.25, 0.3) is 0 Å². The first-order valence-electron chi connectivity index (χ1n) is 6.83. The van der Waals surface area contributed by atoms with Gasteiger partial charge in [-0.1, -0.05) is 30.3 Å². The standard InChI is InChI=1S/C15H19NO5/c1-20-15(19)12-7-8-13(17)16(12)9-14(18)21-10-11-5-3-2-4-6-11/h2-6,12-13,17H,7-10H2,1H3/t12-,13?/m0/s1. The first-order chi connectivity index (χ1) is 10.1. The van der Waals surface area contributed by atoms with Crippen LogP contribution >= 0.6 is 0 Å². The zero-order valence-corrected chi connectivity index (χ0v) is 11.9. The van der Waals surface area contributed by atoms with Gasteiger partial charge in [0.25, 0.3) is 0 Å². The predicted molar refractivity (Wildman–Crippen MR) is 74.0 cm³/mol. The lowest BCUT2D eigenvalue weighted by molar-refractivity contribution is -0.154. The zero-order chi connectivity index (χ0) is 15.2. The summed E-state index contributed by atoms with van der Waals surface area (Å²) in [6.07, 6.45) is 0.0873. The van der Waals surface area contributed by atoms with Crippen LogP contribution in [0.2, 0.25) is 0 Å². The number of esters is 2. The summed E-state index contributed by atoms with van der Waals surface area (Å²) in [5.74, 6) is -0.920. The molecule has 1 saturated heterocycles. The third-order valence-corrected chi connectivity index (χ3v) is 3.51. The Morgan fingerprint density at radius 1 is 1.29 bits per heavy atom. The Kier molecular flexibility index (Phi) is 5.30. The topological polar surface area (TPSA) is 76.1 Å². The van der Waals surface area contributed by atoms with Gasteiger partial charge in [0.1, 0.15) is 18.9 Å². The highest BCUT2D eigenvalue weighted by atomic mass is 16.5. The lowest BCUT2D eigenvalue weighted by atomic mass is 10.2. The van der Waals surface area contributed by atoms with Crippen molar-refractivity contribution in [3.63, 3.8) is 0 Å². The molecule has 0 aromatic heterocycles. The molecule has 6 nitrogen and oxygen atoms in total. The first kappa shape index (κ1) is 15.5. The Labute approximate surface area is 123 Å². The third kappa shape index (κ3) is 4.03. The number of benzene rings is 1. The SMILES string of the molecule is COC(=O)[C@@H]1CCC(O)N1CC(=O)OCc1ccccc1. The Bertz CT molecular complexity index is 490. The average molecular weight is 293 g/mol. The van der Waals surface area contributed by atoms with E-state index in [1.165, 1.54) is 12.0 Å². The molecule has 1 heterocycles. The largest absolute Gasteiger partial charge is 0.468 e. The lowest BCUT2D eigenvalue weighted by Crippen LogP contribution is -2.44. The van der Waals surface area contributed by atoms with Crippen molar-refractivity contribution in [2.24, 2.45) is 0 Å². The van der Waals surface area contributed by atoms with Crippen molar-refractivity contribution in [3.8, 4) is 0 Å². The van der Waals surface area contributed by atoms with Gasteiger partial charge >= 0.3 is 11.9 Å². The fourth-order valence-corrected chi connectivity index (χ4v) is 2.38. The summed E-state index contributed by atoms with van der Waals surface area (Å²) < 4.78 is 9.84. The number of ether oxygens (including phenoxy) is 2. The fraction of sp³-hybridized carbons (Fsp3) is 0.467. The number of hydrogen-bond acceptors (Lipinski definition) is 6. The van der Waals surface area contributed by atoms with Crippen molar-refractivity contribution < 1.29 is 24.2 Å². The van der Waals surface area contributed by atoms with Crippen molar-refractivity contribution in [2.45, 2.75) is 31.7 Å². The van der Waals surface area contributed by atoms with E-state index in [4.69, 9.17) is 4.74 Å². The molecule has 1 N–H and O–H groups in total. The predicted octanol–water partition coefficient (Wildman–Crippen LogP) is 0.686. The maximum absolute atomic E-state index is 11.8. The minimum atomic E-state index is -0.821. The minimum Gasteiger partial charge on any atom is -0.468 e. The minimum absolute atomic E-state index is 0.131. The summed E-state index contributed by atoms with van der Waals surface area (Å²) in [6, 6.07) is 8.73. The average Bonchev–Trinajstić information content (AvgIpc) is 2.86. The lowest BCUT2D eigenvalue weighted by Gasteiger charge is -2.24. The number of nitrogens with zero attached hydrogens (tertiary/aromatic N) is 1. The molecule has 6 heteroatoms. The molecular formula is C15H19NO5. The van der Waals surface area contributed by atoms with Gasteiger partial charge in [-0.3, -0.25) is 14.5 Å². The number of aliphatic hydroxyl groups is 1. The van der Waals surface area contributed by atoms with Crippen LogP contribution in [0.15, 0.2) is 30.3 Å². The van der Waals surface area contributed by atoms with Crippen molar-refractivity contribution >= 4 is 11.9 Å². The number of hydrogen-bond donors (Lipinski definition) is 1. The van der Waals surface area contributed by atoms with Crippen LogP contribution in [0, 0.1) is 0 Å². The Morgan fingerprint density at radius 2 is 2.00 bits per heavy atom. The van der Waals surface area contributed by atoms with Gasteiger partial charge in [-0.25, -0.2) is 0 Å². The van der Waals surface area contributed by atoms with Gasteiger partial charge in [-0.05, 0) is 18.4 Å². The molecule has 2 atom stereocenters. The Balaban J connectivity index is 1.87. The van der Waals surface area contributed by atoms with Crippen LogP contribution in [0.1, 0.15) is 18.4 Å². The molecule has 21 heavy (non-hydrogen) atoms. The van der Waals surface area contributed by atoms with Crippen molar-refractivity contribution in [2.75, 3.05) is 13.7 Å². The molecule has 0 aliphatic carbocycles. The summed E-state index contributed by atoms with van der Waals surface area (Å²) >= 11 is 0. The molecule has 0 spiro atoms. The van der Waals surface area contributed by atoms with E-state index >= 15 is 0 Å². The van der Waals surface area contributed by atoms with Gasteiger partial charge in [0, 0.05) is 0 Å². The second-order valence-electron chi connectivity index (χ2n) is 4.92. The van der Waals surface area contributed by atoms with Crippen LogP contribution in [-0.2, 0) is 25.7 Å². The summed E-state index contributed by atoms with van der Waals surface area (Å²) in [4.78, 5) is 24.9. The van der Waals surface area contributed by atoms with Gasteiger partial charge in [0.05, 0.1) is 13.7 Å². The number of carbonyl (C=O) groups excluding carboxylic acids is 2. The van der Waals surface area contributed by atoms with Crippen molar-refractivity contribution in [1.82, 2.24) is 4.90 Å². The molecule has 2 rings (SSSR count). The van der Waals surface area contributed by atoms with E-state index in [2.05, 4.69) is 4.74 Å². The van der Waals surface area contributed by atoms with E-state index in [-0.39, 0.29) is 13.2 Å². The van der Waals surface area contributed by atoms with E-state index in [9.17, 15) is 14.7 Å². The maximum Gasteiger partial charge on any atom is 0.323 e. The van der Waals surface area contributed by atoms with Gasteiger partial charge in [0.15, 0.2) is 0 Å². The number of rotatable bonds is 5. The summed E-state index contributed by atoms with van der Waals surface area (Å²) in [5.41, 5.74) is 0.886. The van der Waals surface area contributed by atoms with Crippen LogP contribution in [-0.4, -0.2) is 47.9 Å². The smallest absolute Gasteiger partial charge is 0.323 e. The molecule has 1 fully saturated rings. The van der Waals surface area contributed by atoms with Crippen LogP contribution < -0.4 is 0 Å². The van der Waals surface area contributed by atoms with Crippen molar-refractivity contribution in [1.29, 1.82) is 0 Å². The molecule has 1 aromatic rings. The number of methoxy groups -OCH3 is 1. The van der Waals surface area contributed by atoms with Crippen LogP contribution in [0.5, 0.6) is 0 Å². The fourth-order valence-electron chi connectivity index (χ4n) is 2.38. The quantitative estimate of drug-likeness (QED) is 0.805. The van der Waals surface area contributed by atoms with E-state index in [0.29, 0.717) is 12.8 Å². The third-order valence-electron chi connectivity index (χ3n) is 3.51. The number of carbonyl (C=O) groups is 2. The highest BCUT2D eigenvalue weighted by molar-refractivity contribution is 5.78. The highest BCUT2D eigenvalue weighted by Gasteiger charge is 2.38. The van der Waals surface area contributed by atoms with E-state index in [0.717, 1.165) is 5.56 Å². The van der Waals surface area contributed by atoms with Gasteiger partial charge in [-0.15, -0.1) is 0 Å². The molecule has 1 aliphatic rings. The van der Waals surface area contributed by atoms with Crippen LogP contribution in [0.3, 0.4) is 0 Å². The summed E-state index contributed by atoms with van der Waals surface area (Å²) in [7, 11) is 1.29. The molecule has 0 saturated carbocycles. The zero-order valence-electron chi connectivity index (χ0n) is 11.9. The normalized spacial score (nSPS) is 22.0. The monoisotopic (exact) mass is 293 g/mol. The summed E-state index contributed by atoms with van der Waals surface area (Å²) in [6.45, 7) is 0.0419. The summed E-state index contributed by atoms with van der Waals surface area (Å²) in [5, 5.41) is 9.85. The molecular weight excluding hydrogens is 274 g/mol. The second kappa shape index (κ2) is 7.19. The highest BCUT2D eigenvalue weighted by Crippen LogP contribution is 2.23. The molecule has 1 aromatic carbocycles. The molecule has 114 valence electrons. The van der Waals surface area contributed by atoms with E-state index in [1.807, 2.05) is 30.3 Å². The number of aliphatic hydroxyl groups excluding tert-OH is 1. The Hall–Kier alpha value is -1.92. The maximum atomic E-state index is 11.8. The molecule has 1 aliphatic heterocycles. The van der Waals surface area contributed by atoms with E-state index in [1.54, 1.807) is 0 Å². The van der Waals surface area contributed by atoms with Crippen molar-refractivity contribution in [3.05, 3.63) is 35.9 Å². The second-order valence-corrected chi connectivity index (χ2v) is 4.92. The van der Waals surface area contributed by atoms with Gasteiger partial charge < -0.3 is 14.6 Å². The molecule has 0 amide bonds. The van der Waals surface area contributed by atoms with Gasteiger partial charge in [-0.2, -0.15) is 0 Å². The molecule has 1 unspecified atom stereocenters. The first-order valence-corrected chi connectivity index (χ1v) is 6.83. The molecule has 0 bridgehead atoms. The Morgan fingerprint density at radius 3 is 2.67 bits per heavy atom. The number of likely N-dealkylation sites (tertiary alicyclic amines) is 1. The van der Waals surface area contributed by atoms with E-state index < -0.39 is 24.2 Å².